The van der Waals surface area contributed by atoms with E-state index in [0.29, 0.717) is 39.4 Å². The molecule has 1 aromatic rings. The van der Waals surface area contributed by atoms with E-state index in [4.69, 9.17) is 4.74 Å². The van der Waals surface area contributed by atoms with Crippen molar-refractivity contribution >= 4 is 23.2 Å². The second-order valence-electron chi connectivity index (χ2n) is 7.17. The van der Waals surface area contributed by atoms with Gasteiger partial charge in [-0.05, 0) is 37.3 Å². The summed E-state index contributed by atoms with van der Waals surface area (Å²) in [7, 11) is 0. The smallest absolute Gasteiger partial charge is 0.263 e. The molecule has 0 bridgehead atoms. The quantitative estimate of drug-likeness (QED) is 0.791. The summed E-state index contributed by atoms with van der Waals surface area (Å²) in [6, 6.07) is 2.09. The molecule has 2 aliphatic heterocycles. The monoisotopic (exact) mass is 378 g/mol. The third kappa shape index (κ3) is 4.29. The Hall–Kier alpha value is -1.40. The zero-order valence-corrected chi connectivity index (χ0v) is 16.8. The topological polar surface area (TPSA) is 49.9 Å². The largest absolute Gasteiger partial charge is 0.378 e. The Kier molecular flexibility index (Phi) is 6.70. The molecule has 26 heavy (non-hydrogen) atoms. The lowest BCUT2D eigenvalue weighted by Crippen LogP contribution is -2.47. The molecule has 0 radical (unpaired) electrons. The molecule has 5 nitrogen and oxygen atoms in total. The van der Waals surface area contributed by atoms with Crippen LogP contribution in [-0.2, 0) is 22.4 Å². The van der Waals surface area contributed by atoms with Crippen molar-refractivity contribution in [1.29, 1.82) is 0 Å². The molecule has 0 aliphatic carbocycles. The van der Waals surface area contributed by atoms with Gasteiger partial charge >= 0.3 is 0 Å². The summed E-state index contributed by atoms with van der Waals surface area (Å²) in [6.07, 6.45) is 4.69. The van der Waals surface area contributed by atoms with E-state index in [1.807, 2.05) is 9.80 Å². The lowest BCUT2D eigenvalue weighted by molar-refractivity contribution is -0.141. The highest BCUT2D eigenvalue weighted by atomic mass is 32.1. The highest BCUT2D eigenvalue weighted by Gasteiger charge is 2.31. The summed E-state index contributed by atoms with van der Waals surface area (Å²) >= 11 is 1.66. The van der Waals surface area contributed by atoms with Crippen LogP contribution >= 0.6 is 11.3 Å². The summed E-state index contributed by atoms with van der Waals surface area (Å²) in [5, 5.41) is 0. The molecular formula is C20H30N2O3S. The Balaban J connectivity index is 1.57. The predicted octanol–water partition coefficient (Wildman–Crippen LogP) is 2.97. The number of morpholine rings is 1. The molecule has 3 heterocycles. The van der Waals surface area contributed by atoms with E-state index in [0.717, 1.165) is 37.0 Å². The molecule has 0 N–H and O–H groups in total. The number of hydrogen-bond donors (Lipinski definition) is 0. The summed E-state index contributed by atoms with van der Waals surface area (Å²) in [5.41, 5.74) is 1.32. The van der Waals surface area contributed by atoms with Gasteiger partial charge in [0.05, 0.1) is 18.1 Å². The fraction of sp³-hybridized carbons (Fsp3) is 0.700. The van der Waals surface area contributed by atoms with Crippen molar-refractivity contribution in [3.8, 4) is 0 Å². The van der Waals surface area contributed by atoms with E-state index in [1.165, 1.54) is 10.4 Å². The van der Waals surface area contributed by atoms with Crippen molar-refractivity contribution in [3.63, 3.8) is 0 Å². The standard InChI is InChI=1S/C20H30N2O3S/c1-3-5-17-15(4-2)14-18(26-17)20(24)21-8-6-16(7-9-21)19(23)22-10-12-25-13-11-22/h14,16H,3-13H2,1-2H3. The maximum Gasteiger partial charge on any atom is 0.263 e. The van der Waals surface area contributed by atoms with Crippen molar-refractivity contribution in [2.75, 3.05) is 39.4 Å². The van der Waals surface area contributed by atoms with Crippen LogP contribution in [0.5, 0.6) is 0 Å². The van der Waals surface area contributed by atoms with Crippen molar-refractivity contribution < 1.29 is 14.3 Å². The van der Waals surface area contributed by atoms with Gasteiger partial charge in [0.15, 0.2) is 0 Å². The first-order valence-corrected chi connectivity index (χ1v) is 10.7. The summed E-state index contributed by atoms with van der Waals surface area (Å²) < 4.78 is 5.33. The molecule has 2 amide bonds. The molecule has 0 saturated carbocycles. The summed E-state index contributed by atoms with van der Waals surface area (Å²) in [5.74, 6) is 0.446. The van der Waals surface area contributed by atoms with E-state index in [1.54, 1.807) is 11.3 Å². The number of nitrogens with zero attached hydrogens (tertiary/aromatic N) is 2. The van der Waals surface area contributed by atoms with Crippen LogP contribution in [0.25, 0.3) is 0 Å². The number of hydrogen-bond acceptors (Lipinski definition) is 4. The van der Waals surface area contributed by atoms with E-state index in [-0.39, 0.29) is 17.7 Å². The Morgan fingerprint density at radius 3 is 2.42 bits per heavy atom. The Morgan fingerprint density at radius 2 is 1.81 bits per heavy atom. The maximum atomic E-state index is 12.9. The number of ether oxygens (including phenoxy) is 1. The summed E-state index contributed by atoms with van der Waals surface area (Å²) in [4.78, 5) is 31.6. The number of thiophene rings is 1. The van der Waals surface area contributed by atoms with E-state index in [9.17, 15) is 9.59 Å². The van der Waals surface area contributed by atoms with Crippen molar-refractivity contribution in [1.82, 2.24) is 9.80 Å². The predicted molar refractivity (Wildman–Crippen MR) is 104 cm³/mol. The first-order chi connectivity index (χ1) is 12.6. The Morgan fingerprint density at radius 1 is 1.12 bits per heavy atom. The van der Waals surface area contributed by atoms with Crippen LogP contribution in [0, 0.1) is 5.92 Å². The van der Waals surface area contributed by atoms with Gasteiger partial charge in [-0.3, -0.25) is 9.59 Å². The van der Waals surface area contributed by atoms with E-state index >= 15 is 0 Å². The van der Waals surface area contributed by atoms with Crippen LogP contribution in [0.3, 0.4) is 0 Å². The normalized spacial score (nSPS) is 19.0. The van der Waals surface area contributed by atoms with E-state index in [2.05, 4.69) is 19.9 Å². The van der Waals surface area contributed by atoms with Gasteiger partial charge in [-0.15, -0.1) is 11.3 Å². The van der Waals surface area contributed by atoms with Crippen molar-refractivity contribution in [2.24, 2.45) is 5.92 Å². The number of amides is 2. The minimum Gasteiger partial charge on any atom is -0.378 e. The van der Waals surface area contributed by atoms with Gasteiger partial charge in [0.1, 0.15) is 0 Å². The lowest BCUT2D eigenvalue weighted by Gasteiger charge is -2.35. The second-order valence-corrected chi connectivity index (χ2v) is 8.30. The number of aryl methyl sites for hydroxylation is 2. The fourth-order valence-corrected chi connectivity index (χ4v) is 5.16. The minimum atomic E-state index is 0.0577. The van der Waals surface area contributed by atoms with Crippen LogP contribution in [0.4, 0.5) is 0 Å². The van der Waals surface area contributed by atoms with Gasteiger partial charge in [0.2, 0.25) is 5.91 Å². The zero-order valence-electron chi connectivity index (χ0n) is 16.0. The molecule has 1 aromatic heterocycles. The summed E-state index contributed by atoms with van der Waals surface area (Å²) in [6.45, 7) is 8.38. The number of piperidine rings is 1. The van der Waals surface area contributed by atoms with Crippen LogP contribution in [-0.4, -0.2) is 61.0 Å². The highest BCUT2D eigenvalue weighted by molar-refractivity contribution is 7.14. The van der Waals surface area contributed by atoms with E-state index < -0.39 is 0 Å². The average molecular weight is 379 g/mol. The van der Waals surface area contributed by atoms with Gasteiger partial charge in [0, 0.05) is 37.0 Å². The van der Waals surface area contributed by atoms with Gasteiger partial charge < -0.3 is 14.5 Å². The molecule has 0 aromatic carbocycles. The second kappa shape index (κ2) is 9.00. The molecule has 3 rings (SSSR count). The number of rotatable bonds is 5. The van der Waals surface area contributed by atoms with Crippen LogP contribution in [0.15, 0.2) is 6.07 Å². The fourth-order valence-electron chi connectivity index (χ4n) is 3.84. The first kappa shape index (κ1) is 19.4. The molecule has 2 saturated heterocycles. The molecule has 2 fully saturated rings. The molecule has 144 valence electrons. The number of carbonyl (C=O) groups is 2. The Bertz CT molecular complexity index is 629. The average Bonchev–Trinajstić information content (AvgIpc) is 3.11. The van der Waals surface area contributed by atoms with Gasteiger partial charge in [0.25, 0.3) is 5.91 Å². The molecule has 6 heteroatoms. The molecule has 2 aliphatic rings. The maximum absolute atomic E-state index is 12.9. The van der Waals surface area contributed by atoms with Gasteiger partial charge in [-0.1, -0.05) is 20.3 Å². The number of carbonyl (C=O) groups excluding carboxylic acids is 2. The van der Waals surface area contributed by atoms with Crippen molar-refractivity contribution in [2.45, 2.75) is 46.0 Å². The van der Waals surface area contributed by atoms with Crippen LogP contribution in [0.2, 0.25) is 0 Å². The van der Waals surface area contributed by atoms with Gasteiger partial charge in [-0.25, -0.2) is 0 Å². The molecule has 0 spiro atoms. The minimum absolute atomic E-state index is 0.0577. The Labute approximate surface area is 160 Å². The highest BCUT2D eigenvalue weighted by Crippen LogP contribution is 2.28. The first-order valence-electron chi connectivity index (χ1n) is 9.91. The SMILES string of the molecule is CCCc1sc(C(=O)N2CCC(C(=O)N3CCOCC3)CC2)cc1CC. The van der Waals surface area contributed by atoms with Gasteiger partial charge in [-0.2, -0.15) is 0 Å². The third-order valence-corrected chi connectivity index (χ3v) is 6.64. The number of likely N-dealkylation sites (tertiary alicyclic amines) is 1. The zero-order chi connectivity index (χ0) is 18.5. The van der Waals surface area contributed by atoms with Crippen LogP contribution < -0.4 is 0 Å². The van der Waals surface area contributed by atoms with Crippen LogP contribution in [0.1, 0.15) is 53.2 Å². The molecule has 0 atom stereocenters. The molecule has 0 unspecified atom stereocenters. The molecular weight excluding hydrogens is 348 g/mol. The van der Waals surface area contributed by atoms with Crippen molar-refractivity contribution in [3.05, 3.63) is 21.4 Å². The third-order valence-electron chi connectivity index (χ3n) is 5.42. The lowest BCUT2D eigenvalue weighted by atomic mass is 9.95.